The molecule has 0 spiro atoms. The lowest BCUT2D eigenvalue weighted by Gasteiger charge is -2.17. The zero-order valence-corrected chi connectivity index (χ0v) is 12.6. The summed E-state index contributed by atoms with van der Waals surface area (Å²) >= 11 is 0. The van der Waals surface area contributed by atoms with E-state index in [-0.39, 0.29) is 12.8 Å². The Morgan fingerprint density at radius 2 is 2.00 bits per heavy atom. The van der Waals surface area contributed by atoms with Gasteiger partial charge in [0.1, 0.15) is 0 Å². The Balaban J connectivity index is 1.41. The van der Waals surface area contributed by atoms with Crippen molar-refractivity contribution in [2.24, 2.45) is 5.92 Å². The molecule has 1 aromatic carbocycles. The van der Waals surface area contributed by atoms with Gasteiger partial charge >= 0.3 is 6.03 Å². The molecule has 1 saturated carbocycles. The summed E-state index contributed by atoms with van der Waals surface area (Å²) in [5.41, 5.74) is 0.982. The maximum atomic E-state index is 11.8. The number of nitrogens with one attached hydrogen (secondary N) is 2. The van der Waals surface area contributed by atoms with E-state index in [1.165, 1.54) is 32.1 Å². The molecule has 1 fully saturated rings. The average Bonchev–Trinajstić information content (AvgIpc) is 3.01. The summed E-state index contributed by atoms with van der Waals surface area (Å²) in [5.74, 6) is 2.10. The second-order valence-corrected chi connectivity index (χ2v) is 5.77. The van der Waals surface area contributed by atoms with Gasteiger partial charge in [-0.15, -0.1) is 0 Å². The first-order valence-corrected chi connectivity index (χ1v) is 7.91. The zero-order chi connectivity index (χ0) is 15.2. The van der Waals surface area contributed by atoms with Crippen molar-refractivity contribution in [2.75, 3.05) is 6.79 Å². The van der Waals surface area contributed by atoms with Gasteiger partial charge in [-0.25, -0.2) is 4.79 Å². The van der Waals surface area contributed by atoms with Crippen molar-refractivity contribution in [1.29, 1.82) is 0 Å². The first-order chi connectivity index (χ1) is 10.8. The first-order valence-electron chi connectivity index (χ1n) is 7.91. The van der Waals surface area contributed by atoms with Crippen LogP contribution in [0.1, 0.15) is 37.7 Å². The normalized spacial score (nSPS) is 17.6. The summed E-state index contributed by atoms with van der Waals surface area (Å²) in [6, 6.07) is 5.48. The van der Waals surface area contributed by atoms with Gasteiger partial charge in [-0.3, -0.25) is 0 Å². The molecule has 2 N–H and O–H groups in total. The highest BCUT2D eigenvalue weighted by atomic mass is 16.7. The van der Waals surface area contributed by atoms with Crippen molar-refractivity contribution in [1.82, 2.24) is 10.6 Å². The number of hydrogen-bond donors (Lipinski definition) is 2. The Bertz CT molecular complexity index is 551. The fraction of sp³-hybridized carbons (Fsp3) is 0.471. The van der Waals surface area contributed by atoms with Gasteiger partial charge in [-0.2, -0.15) is 0 Å². The zero-order valence-electron chi connectivity index (χ0n) is 12.6. The second-order valence-electron chi connectivity index (χ2n) is 5.77. The van der Waals surface area contributed by atoms with Crippen LogP contribution in [-0.4, -0.2) is 12.8 Å². The molecule has 0 saturated heterocycles. The standard InChI is InChI=1S/C17H22N2O3/c20-17(18-9-8-13-4-2-1-3-5-13)19-11-14-6-7-15-16(10-14)22-12-21-15/h6-10,13H,1-5,11-12H2,(H2,18,19,20)/b9-8+. The Hall–Kier alpha value is -2.17. The van der Waals surface area contributed by atoms with Crippen LogP contribution in [0.5, 0.6) is 11.5 Å². The quantitative estimate of drug-likeness (QED) is 0.897. The maximum Gasteiger partial charge on any atom is 0.319 e. The number of carbonyl (C=O) groups is 1. The summed E-state index contributed by atoms with van der Waals surface area (Å²) in [4.78, 5) is 11.8. The van der Waals surface area contributed by atoms with Crippen LogP contribution in [0.3, 0.4) is 0 Å². The molecule has 1 aliphatic heterocycles. The minimum atomic E-state index is -0.190. The van der Waals surface area contributed by atoms with Crippen LogP contribution in [-0.2, 0) is 6.54 Å². The molecule has 0 bridgehead atoms. The van der Waals surface area contributed by atoms with Crippen LogP contribution >= 0.6 is 0 Å². The van der Waals surface area contributed by atoms with Crippen LogP contribution in [0.15, 0.2) is 30.5 Å². The van der Waals surface area contributed by atoms with E-state index < -0.39 is 0 Å². The second kappa shape index (κ2) is 7.20. The minimum Gasteiger partial charge on any atom is -0.454 e. The SMILES string of the molecule is O=C(N/C=C/C1CCCCC1)NCc1ccc2c(c1)OCO2. The molecule has 3 rings (SSSR count). The van der Waals surface area contributed by atoms with E-state index in [4.69, 9.17) is 9.47 Å². The van der Waals surface area contributed by atoms with Gasteiger partial charge < -0.3 is 20.1 Å². The summed E-state index contributed by atoms with van der Waals surface area (Å²) in [6.07, 6.45) is 10.3. The van der Waals surface area contributed by atoms with Crippen molar-refractivity contribution >= 4 is 6.03 Å². The molecule has 22 heavy (non-hydrogen) atoms. The number of amides is 2. The van der Waals surface area contributed by atoms with Crippen molar-refractivity contribution in [2.45, 2.75) is 38.6 Å². The highest BCUT2D eigenvalue weighted by Gasteiger charge is 2.13. The van der Waals surface area contributed by atoms with Crippen LogP contribution in [0.25, 0.3) is 0 Å². The van der Waals surface area contributed by atoms with E-state index >= 15 is 0 Å². The molecule has 0 radical (unpaired) electrons. The molecule has 2 amide bonds. The number of benzene rings is 1. The van der Waals surface area contributed by atoms with E-state index in [1.807, 2.05) is 18.2 Å². The third-order valence-corrected chi connectivity index (χ3v) is 4.12. The molecular formula is C17H22N2O3. The Kier molecular flexibility index (Phi) is 4.83. The van der Waals surface area contributed by atoms with Crippen LogP contribution < -0.4 is 20.1 Å². The number of urea groups is 1. The molecule has 0 atom stereocenters. The number of fused-ring (bicyclic) bond motifs is 1. The van der Waals surface area contributed by atoms with Gasteiger partial charge in [0.2, 0.25) is 6.79 Å². The van der Waals surface area contributed by atoms with Crippen molar-refractivity contribution < 1.29 is 14.3 Å². The molecular weight excluding hydrogens is 280 g/mol. The van der Waals surface area contributed by atoms with Crippen molar-refractivity contribution in [3.05, 3.63) is 36.0 Å². The number of allylic oxidation sites excluding steroid dienone is 1. The van der Waals surface area contributed by atoms with Crippen molar-refractivity contribution in [3.8, 4) is 11.5 Å². The summed E-state index contributed by atoms with van der Waals surface area (Å²) < 4.78 is 10.6. The van der Waals surface area contributed by atoms with E-state index in [0.717, 1.165) is 17.1 Å². The summed E-state index contributed by atoms with van der Waals surface area (Å²) in [6.45, 7) is 0.721. The smallest absolute Gasteiger partial charge is 0.319 e. The molecule has 0 aromatic heterocycles. The predicted octanol–water partition coefficient (Wildman–Crippen LogP) is 3.31. The lowest BCUT2D eigenvalue weighted by Crippen LogP contribution is -2.31. The Morgan fingerprint density at radius 1 is 1.18 bits per heavy atom. The van der Waals surface area contributed by atoms with E-state index in [2.05, 4.69) is 16.7 Å². The average molecular weight is 302 g/mol. The molecule has 5 nitrogen and oxygen atoms in total. The van der Waals surface area contributed by atoms with Crippen molar-refractivity contribution in [3.63, 3.8) is 0 Å². The molecule has 1 aliphatic carbocycles. The molecule has 2 aliphatic rings. The van der Waals surface area contributed by atoms with Gasteiger partial charge in [0.05, 0.1) is 0 Å². The molecule has 5 heteroatoms. The molecule has 118 valence electrons. The third-order valence-electron chi connectivity index (χ3n) is 4.12. The Labute approximate surface area is 130 Å². The number of carbonyl (C=O) groups excluding carboxylic acids is 1. The summed E-state index contributed by atoms with van der Waals surface area (Å²) in [5, 5.41) is 5.60. The largest absolute Gasteiger partial charge is 0.454 e. The Morgan fingerprint density at radius 3 is 2.86 bits per heavy atom. The van der Waals surface area contributed by atoms with Crippen LogP contribution in [0, 0.1) is 5.92 Å². The van der Waals surface area contributed by atoms with Crippen LogP contribution in [0.2, 0.25) is 0 Å². The number of hydrogen-bond acceptors (Lipinski definition) is 3. The van der Waals surface area contributed by atoms with Gasteiger partial charge in [-0.1, -0.05) is 31.4 Å². The molecule has 1 aromatic rings. The number of ether oxygens (including phenoxy) is 2. The van der Waals surface area contributed by atoms with E-state index in [1.54, 1.807) is 6.20 Å². The van der Waals surface area contributed by atoms with Gasteiger partial charge in [0.15, 0.2) is 11.5 Å². The lowest BCUT2D eigenvalue weighted by atomic mass is 9.89. The third kappa shape index (κ3) is 3.93. The van der Waals surface area contributed by atoms with E-state index in [9.17, 15) is 4.79 Å². The van der Waals surface area contributed by atoms with Crippen LogP contribution in [0.4, 0.5) is 4.79 Å². The van der Waals surface area contributed by atoms with Gasteiger partial charge in [0, 0.05) is 12.7 Å². The fourth-order valence-electron chi connectivity index (χ4n) is 2.87. The highest BCUT2D eigenvalue weighted by molar-refractivity contribution is 5.74. The molecule has 1 heterocycles. The van der Waals surface area contributed by atoms with E-state index in [0.29, 0.717) is 12.5 Å². The maximum absolute atomic E-state index is 11.8. The van der Waals surface area contributed by atoms with Gasteiger partial charge in [-0.05, 0) is 36.5 Å². The lowest BCUT2D eigenvalue weighted by molar-refractivity contribution is 0.174. The fourth-order valence-corrected chi connectivity index (χ4v) is 2.87. The topological polar surface area (TPSA) is 59.6 Å². The molecule has 0 unspecified atom stereocenters. The predicted molar refractivity (Wildman–Crippen MR) is 83.7 cm³/mol. The first kappa shape index (κ1) is 14.8. The minimum absolute atomic E-state index is 0.190. The van der Waals surface area contributed by atoms with Gasteiger partial charge in [0.25, 0.3) is 0 Å². The number of rotatable bonds is 4. The monoisotopic (exact) mass is 302 g/mol. The summed E-state index contributed by atoms with van der Waals surface area (Å²) in [7, 11) is 0. The highest BCUT2D eigenvalue weighted by Crippen LogP contribution is 2.32.